The zero-order valence-electron chi connectivity index (χ0n) is 10.3. The van der Waals surface area contributed by atoms with E-state index in [1.54, 1.807) is 0 Å². The van der Waals surface area contributed by atoms with Crippen molar-refractivity contribution in [1.29, 1.82) is 0 Å². The smallest absolute Gasteiger partial charge is 0.348 e. The van der Waals surface area contributed by atoms with Gasteiger partial charge in [-0.05, 0) is 23.0 Å². The van der Waals surface area contributed by atoms with E-state index in [4.69, 9.17) is 9.85 Å². The van der Waals surface area contributed by atoms with E-state index in [1.807, 2.05) is 12.3 Å². The third kappa shape index (κ3) is 1.76. The van der Waals surface area contributed by atoms with Gasteiger partial charge in [0.15, 0.2) is 0 Å². The predicted molar refractivity (Wildman–Crippen MR) is 63.4 cm³/mol. The third-order valence-electron chi connectivity index (χ3n) is 3.48. The fourth-order valence-corrected chi connectivity index (χ4v) is 2.56. The summed E-state index contributed by atoms with van der Waals surface area (Å²) in [5.41, 5.74) is 1.26. The first-order valence-corrected chi connectivity index (χ1v) is 6.30. The molecule has 2 aliphatic rings. The summed E-state index contributed by atoms with van der Waals surface area (Å²) in [5, 5.41) is 4.83. The van der Waals surface area contributed by atoms with E-state index in [0.717, 1.165) is 25.5 Å². The molecular formula is C13H18N3O+. The van der Waals surface area contributed by atoms with E-state index >= 15 is 0 Å². The number of rotatable bonds is 2. The second-order valence-corrected chi connectivity index (χ2v) is 5.08. The van der Waals surface area contributed by atoms with Crippen LogP contribution in [-0.4, -0.2) is 28.9 Å². The van der Waals surface area contributed by atoms with E-state index in [-0.39, 0.29) is 6.04 Å². The predicted octanol–water partition coefficient (Wildman–Crippen LogP) is 2.68. The van der Waals surface area contributed by atoms with Crippen LogP contribution in [-0.2, 0) is 4.74 Å². The van der Waals surface area contributed by atoms with Crippen LogP contribution in [0.1, 0.15) is 31.9 Å². The van der Waals surface area contributed by atoms with Gasteiger partial charge in [0.1, 0.15) is 18.3 Å². The molecule has 1 fully saturated rings. The summed E-state index contributed by atoms with van der Waals surface area (Å²) in [5.74, 6) is 1.53. The third-order valence-corrected chi connectivity index (χ3v) is 3.48. The first-order chi connectivity index (χ1) is 8.27. The number of pyridine rings is 1. The van der Waals surface area contributed by atoms with Crippen LogP contribution in [0.3, 0.4) is 0 Å². The van der Waals surface area contributed by atoms with E-state index < -0.39 is 0 Å². The summed E-state index contributed by atoms with van der Waals surface area (Å²) in [4.78, 5) is 4.49. The Morgan fingerprint density at radius 3 is 3.06 bits per heavy atom. The molecule has 1 saturated heterocycles. The van der Waals surface area contributed by atoms with Crippen LogP contribution in [0.25, 0.3) is 0 Å². The summed E-state index contributed by atoms with van der Waals surface area (Å²) in [6, 6.07) is 4.76. The Hall–Kier alpha value is -1.29. The van der Waals surface area contributed by atoms with Gasteiger partial charge in [0, 0.05) is 6.42 Å². The molecule has 0 saturated carbocycles. The second-order valence-electron chi connectivity index (χ2n) is 5.08. The Balaban J connectivity index is 2.01. The molecule has 0 aliphatic carbocycles. The van der Waals surface area contributed by atoms with Gasteiger partial charge in [0.2, 0.25) is 0 Å². The lowest BCUT2D eigenvalue weighted by molar-refractivity contribution is -0.550. The summed E-state index contributed by atoms with van der Waals surface area (Å²) in [6.45, 7) is 6.02. The van der Waals surface area contributed by atoms with Gasteiger partial charge in [-0.1, -0.05) is 13.8 Å². The molecule has 90 valence electrons. The lowest BCUT2D eigenvalue weighted by Gasteiger charge is -2.07. The largest absolute Gasteiger partial charge is 0.377 e. The molecule has 0 spiro atoms. The topological polar surface area (TPSA) is 37.5 Å². The molecule has 3 rings (SSSR count). The fraction of sp³-hybridized carbons (Fsp3) is 0.615. The molecule has 17 heavy (non-hydrogen) atoms. The van der Waals surface area contributed by atoms with Crippen molar-refractivity contribution in [1.82, 2.24) is 4.98 Å². The molecule has 2 atom stereocenters. The van der Waals surface area contributed by atoms with Crippen molar-refractivity contribution in [3.05, 3.63) is 23.9 Å². The maximum atomic E-state index is 5.45. The Kier molecular flexibility index (Phi) is 2.67. The average Bonchev–Trinajstić information content (AvgIpc) is 2.95. The number of azo groups is 2. The summed E-state index contributed by atoms with van der Waals surface area (Å²) in [6.07, 6.45) is 2.89. The minimum Gasteiger partial charge on any atom is -0.377 e. The SMILES string of the molecule is CC(C)C1N=[N+]([C@@H]2CCOC2)c2ncccc21. The zero-order valence-corrected chi connectivity index (χ0v) is 10.3. The van der Waals surface area contributed by atoms with Crippen LogP contribution in [0, 0.1) is 5.92 Å². The lowest BCUT2D eigenvalue weighted by atomic mass is 9.98. The first-order valence-electron chi connectivity index (χ1n) is 6.30. The van der Waals surface area contributed by atoms with E-state index in [0.29, 0.717) is 12.0 Å². The van der Waals surface area contributed by atoms with Gasteiger partial charge in [0.25, 0.3) is 0 Å². The Morgan fingerprint density at radius 2 is 2.35 bits per heavy atom. The monoisotopic (exact) mass is 232 g/mol. The molecule has 4 nitrogen and oxygen atoms in total. The number of aromatic nitrogens is 1. The van der Waals surface area contributed by atoms with Crippen molar-refractivity contribution in [2.75, 3.05) is 13.2 Å². The normalized spacial score (nSPS) is 27.4. The van der Waals surface area contributed by atoms with Gasteiger partial charge in [0.05, 0.1) is 18.8 Å². The average molecular weight is 232 g/mol. The Labute approximate surface area is 101 Å². The quantitative estimate of drug-likeness (QED) is 0.735. The Bertz CT molecular complexity index is 450. The van der Waals surface area contributed by atoms with Crippen molar-refractivity contribution < 1.29 is 9.43 Å². The highest BCUT2D eigenvalue weighted by molar-refractivity contribution is 5.36. The molecule has 1 unspecified atom stereocenters. The van der Waals surface area contributed by atoms with Crippen LogP contribution in [0.15, 0.2) is 23.4 Å². The maximum Gasteiger partial charge on any atom is 0.348 e. The van der Waals surface area contributed by atoms with Gasteiger partial charge < -0.3 is 4.74 Å². The molecule has 1 aromatic heterocycles. The molecule has 0 N–H and O–H groups in total. The highest BCUT2D eigenvalue weighted by Gasteiger charge is 2.39. The lowest BCUT2D eigenvalue weighted by Crippen LogP contribution is -2.20. The molecule has 2 aliphatic heterocycles. The summed E-state index contributed by atoms with van der Waals surface area (Å²) in [7, 11) is 0. The number of ether oxygens (including phenoxy) is 1. The standard InChI is InChI=1S/C13H18N3O/c1-9(2)12-11-4-3-6-14-13(11)16(15-12)10-5-7-17-8-10/h3-4,6,9-10,12H,5,7-8H2,1-2H3/q+1/t10-,12?/m1/s1. The fourth-order valence-electron chi connectivity index (χ4n) is 2.56. The minimum atomic E-state index is 0.249. The van der Waals surface area contributed by atoms with Gasteiger partial charge in [-0.2, -0.15) is 0 Å². The first kappa shape index (κ1) is 10.8. The highest BCUT2D eigenvalue weighted by atomic mass is 16.5. The van der Waals surface area contributed by atoms with Crippen LogP contribution >= 0.6 is 0 Å². The molecule has 1 aromatic rings. The Morgan fingerprint density at radius 1 is 1.47 bits per heavy atom. The van der Waals surface area contributed by atoms with Gasteiger partial charge in [-0.3, -0.25) is 0 Å². The van der Waals surface area contributed by atoms with Crippen molar-refractivity contribution in [2.24, 2.45) is 11.0 Å². The summed E-state index contributed by atoms with van der Waals surface area (Å²) < 4.78 is 7.54. The van der Waals surface area contributed by atoms with Crippen molar-refractivity contribution in [2.45, 2.75) is 32.4 Å². The molecule has 0 radical (unpaired) electrons. The van der Waals surface area contributed by atoms with Crippen LogP contribution < -0.4 is 0 Å². The molecule has 0 aromatic carbocycles. The molecule has 0 amide bonds. The number of hydrogen-bond donors (Lipinski definition) is 0. The van der Waals surface area contributed by atoms with E-state index in [1.165, 1.54) is 5.56 Å². The second kappa shape index (κ2) is 4.18. The van der Waals surface area contributed by atoms with Crippen LogP contribution in [0.2, 0.25) is 0 Å². The van der Waals surface area contributed by atoms with Gasteiger partial charge in [-0.15, -0.1) is 9.81 Å². The van der Waals surface area contributed by atoms with Crippen LogP contribution in [0.4, 0.5) is 5.82 Å². The van der Waals surface area contributed by atoms with Crippen molar-refractivity contribution >= 4 is 5.82 Å². The number of hydrogen-bond acceptors (Lipinski definition) is 3. The van der Waals surface area contributed by atoms with Crippen molar-refractivity contribution in [3.63, 3.8) is 0 Å². The van der Waals surface area contributed by atoms with Crippen LogP contribution in [0.5, 0.6) is 0 Å². The van der Waals surface area contributed by atoms with E-state index in [9.17, 15) is 0 Å². The maximum absolute atomic E-state index is 5.45. The highest BCUT2D eigenvalue weighted by Crippen LogP contribution is 2.39. The summed E-state index contributed by atoms with van der Waals surface area (Å²) >= 11 is 0. The van der Waals surface area contributed by atoms with Gasteiger partial charge >= 0.3 is 5.82 Å². The number of fused-ring (bicyclic) bond motifs is 1. The zero-order chi connectivity index (χ0) is 11.8. The number of nitrogens with zero attached hydrogens (tertiary/aromatic N) is 3. The molecule has 4 heteroatoms. The molecular weight excluding hydrogens is 214 g/mol. The molecule has 0 bridgehead atoms. The van der Waals surface area contributed by atoms with Crippen molar-refractivity contribution in [3.8, 4) is 0 Å². The minimum absolute atomic E-state index is 0.249. The van der Waals surface area contributed by atoms with Gasteiger partial charge in [-0.25, -0.2) is 0 Å². The van der Waals surface area contributed by atoms with E-state index in [2.05, 4.69) is 29.6 Å². The molecule has 3 heterocycles.